The third kappa shape index (κ3) is 3.56. The van der Waals surface area contributed by atoms with Gasteiger partial charge in [-0.1, -0.05) is 39.2 Å². The van der Waals surface area contributed by atoms with E-state index in [-0.39, 0.29) is 0 Å². The number of hydrogen-bond acceptors (Lipinski definition) is 2. The lowest BCUT2D eigenvalue weighted by atomic mass is 9.81. The van der Waals surface area contributed by atoms with Crippen molar-refractivity contribution in [3.05, 3.63) is 22.4 Å². The second kappa shape index (κ2) is 6.01. The Morgan fingerprint density at radius 1 is 1.35 bits per heavy atom. The molecule has 96 valence electrons. The lowest BCUT2D eigenvalue weighted by Gasteiger charge is -2.31. The van der Waals surface area contributed by atoms with Gasteiger partial charge in [0.1, 0.15) is 0 Å². The van der Waals surface area contributed by atoms with E-state index in [1.165, 1.54) is 30.6 Å². The zero-order valence-corrected chi connectivity index (χ0v) is 12.1. The monoisotopic (exact) mass is 251 g/mol. The quantitative estimate of drug-likeness (QED) is 0.778. The summed E-state index contributed by atoms with van der Waals surface area (Å²) in [6, 6.07) is 5.60. The van der Waals surface area contributed by atoms with Gasteiger partial charge >= 0.3 is 0 Å². The molecule has 0 amide bonds. The van der Waals surface area contributed by atoms with Gasteiger partial charge in [0, 0.05) is 17.0 Å². The minimum atomic E-state index is 0.532. The Hall–Kier alpha value is -0.340. The van der Waals surface area contributed by atoms with Crippen LogP contribution in [0.5, 0.6) is 0 Å². The molecule has 1 aromatic rings. The van der Waals surface area contributed by atoms with E-state index in [9.17, 15) is 0 Å². The van der Waals surface area contributed by atoms with Crippen LogP contribution in [0.1, 0.15) is 57.4 Å². The highest BCUT2D eigenvalue weighted by Gasteiger charge is 2.23. The van der Waals surface area contributed by atoms with E-state index >= 15 is 0 Å². The van der Waals surface area contributed by atoms with E-state index in [0.29, 0.717) is 18.0 Å². The van der Waals surface area contributed by atoms with Crippen LogP contribution >= 0.6 is 11.3 Å². The van der Waals surface area contributed by atoms with Crippen molar-refractivity contribution >= 4 is 11.3 Å². The van der Waals surface area contributed by atoms with Gasteiger partial charge in [0.15, 0.2) is 0 Å². The van der Waals surface area contributed by atoms with Gasteiger partial charge in [-0.25, -0.2) is 0 Å². The molecule has 17 heavy (non-hydrogen) atoms. The fourth-order valence-electron chi connectivity index (χ4n) is 2.67. The van der Waals surface area contributed by atoms with Gasteiger partial charge < -0.3 is 5.32 Å². The first-order valence-electron chi connectivity index (χ1n) is 6.96. The standard InChI is InChI=1S/C15H25NS/c1-11(2)15(14-8-5-9-17-14)16-12(3)10-13-6-4-7-13/h5,8-9,11-13,15-16H,4,6-7,10H2,1-3H3. The molecule has 0 saturated heterocycles. The summed E-state index contributed by atoms with van der Waals surface area (Å²) in [6.45, 7) is 6.97. The molecule has 1 N–H and O–H groups in total. The van der Waals surface area contributed by atoms with E-state index in [0.717, 1.165) is 5.92 Å². The molecule has 1 heterocycles. The molecule has 2 atom stereocenters. The third-order valence-electron chi connectivity index (χ3n) is 3.89. The maximum absolute atomic E-state index is 3.83. The lowest BCUT2D eigenvalue weighted by molar-refractivity contribution is 0.248. The summed E-state index contributed by atoms with van der Waals surface area (Å²) in [6.07, 6.45) is 5.72. The zero-order valence-electron chi connectivity index (χ0n) is 11.3. The second-order valence-electron chi connectivity index (χ2n) is 5.84. The zero-order chi connectivity index (χ0) is 12.3. The van der Waals surface area contributed by atoms with Gasteiger partial charge in [-0.05, 0) is 36.6 Å². The highest BCUT2D eigenvalue weighted by atomic mass is 32.1. The first-order valence-corrected chi connectivity index (χ1v) is 7.84. The van der Waals surface area contributed by atoms with Crippen LogP contribution < -0.4 is 5.32 Å². The molecule has 0 radical (unpaired) electrons. The van der Waals surface area contributed by atoms with Crippen LogP contribution in [-0.2, 0) is 0 Å². The summed E-state index contributed by atoms with van der Waals surface area (Å²) in [7, 11) is 0. The van der Waals surface area contributed by atoms with Crippen molar-refractivity contribution < 1.29 is 0 Å². The van der Waals surface area contributed by atoms with Crippen molar-refractivity contribution in [2.75, 3.05) is 0 Å². The molecule has 1 aliphatic rings. The minimum Gasteiger partial charge on any atom is -0.307 e. The second-order valence-corrected chi connectivity index (χ2v) is 6.82. The van der Waals surface area contributed by atoms with Gasteiger partial charge in [-0.2, -0.15) is 0 Å². The third-order valence-corrected chi connectivity index (χ3v) is 4.85. The molecule has 0 aromatic carbocycles. The Morgan fingerprint density at radius 3 is 2.59 bits per heavy atom. The van der Waals surface area contributed by atoms with E-state index in [1.807, 2.05) is 11.3 Å². The highest BCUT2D eigenvalue weighted by molar-refractivity contribution is 7.10. The molecule has 1 aromatic heterocycles. The van der Waals surface area contributed by atoms with Gasteiger partial charge in [-0.3, -0.25) is 0 Å². The average Bonchev–Trinajstić information content (AvgIpc) is 2.72. The van der Waals surface area contributed by atoms with Crippen molar-refractivity contribution in [2.24, 2.45) is 11.8 Å². The Kier molecular flexibility index (Phi) is 4.63. The predicted molar refractivity (Wildman–Crippen MR) is 76.5 cm³/mol. The van der Waals surface area contributed by atoms with Crippen LogP contribution in [0.3, 0.4) is 0 Å². The molecule has 0 spiro atoms. The van der Waals surface area contributed by atoms with Crippen molar-refractivity contribution in [3.8, 4) is 0 Å². The van der Waals surface area contributed by atoms with Crippen LogP contribution in [0.25, 0.3) is 0 Å². The van der Waals surface area contributed by atoms with Gasteiger partial charge in [-0.15, -0.1) is 11.3 Å². The summed E-state index contributed by atoms with van der Waals surface area (Å²) in [5, 5.41) is 6.01. The van der Waals surface area contributed by atoms with Crippen LogP contribution in [0.4, 0.5) is 0 Å². The average molecular weight is 251 g/mol. The number of thiophene rings is 1. The smallest absolute Gasteiger partial charge is 0.0440 e. The Morgan fingerprint density at radius 2 is 2.12 bits per heavy atom. The number of hydrogen-bond donors (Lipinski definition) is 1. The van der Waals surface area contributed by atoms with Gasteiger partial charge in [0.05, 0.1) is 0 Å². The summed E-state index contributed by atoms with van der Waals surface area (Å²) < 4.78 is 0. The summed E-state index contributed by atoms with van der Waals surface area (Å²) in [4.78, 5) is 1.49. The highest BCUT2D eigenvalue weighted by Crippen LogP contribution is 2.32. The molecule has 2 unspecified atom stereocenters. The number of nitrogens with one attached hydrogen (secondary N) is 1. The molecule has 1 nitrogen and oxygen atoms in total. The SMILES string of the molecule is CC(CC1CCC1)NC(c1cccs1)C(C)C. The van der Waals surface area contributed by atoms with E-state index in [1.54, 1.807) is 0 Å². The van der Waals surface area contributed by atoms with E-state index < -0.39 is 0 Å². The maximum atomic E-state index is 3.83. The molecule has 1 saturated carbocycles. The normalized spacial score (nSPS) is 20.2. The molecule has 2 heteroatoms. The molecule has 2 rings (SSSR count). The fourth-order valence-corrected chi connectivity index (χ4v) is 3.63. The molecule has 0 aliphatic heterocycles. The molecule has 0 bridgehead atoms. The molecule has 1 fully saturated rings. The maximum Gasteiger partial charge on any atom is 0.0440 e. The number of rotatable bonds is 6. The van der Waals surface area contributed by atoms with E-state index in [4.69, 9.17) is 0 Å². The van der Waals surface area contributed by atoms with Crippen LogP contribution in [0.15, 0.2) is 17.5 Å². The predicted octanol–water partition coefficient (Wildman–Crippen LogP) is 4.61. The van der Waals surface area contributed by atoms with Crippen molar-refractivity contribution in [3.63, 3.8) is 0 Å². The minimum absolute atomic E-state index is 0.532. The topological polar surface area (TPSA) is 12.0 Å². The first-order chi connectivity index (χ1) is 8.16. The largest absolute Gasteiger partial charge is 0.307 e. The molecular weight excluding hydrogens is 226 g/mol. The van der Waals surface area contributed by atoms with Crippen LogP contribution in [0, 0.1) is 11.8 Å². The van der Waals surface area contributed by atoms with Crippen molar-refractivity contribution in [1.82, 2.24) is 5.32 Å². The lowest BCUT2D eigenvalue weighted by Crippen LogP contribution is -2.35. The van der Waals surface area contributed by atoms with Crippen molar-refractivity contribution in [1.29, 1.82) is 0 Å². The van der Waals surface area contributed by atoms with Crippen LogP contribution in [0.2, 0.25) is 0 Å². The molecule has 1 aliphatic carbocycles. The summed E-state index contributed by atoms with van der Waals surface area (Å²) >= 11 is 1.88. The fraction of sp³-hybridized carbons (Fsp3) is 0.733. The Bertz CT molecular complexity index is 314. The van der Waals surface area contributed by atoms with E-state index in [2.05, 4.69) is 43.6 Å². The van der Waals surface area contributed by atoms with Crippen molar-refractivity contribution in [2.45, 2.75) is 58.5 Å². The van der Waals surface area contributed by atoms with Gasteiger partial charge in [0.2, 0.25) is 0 Å². The van der Waals surface area contributed by atoms with Crippen LogP contribution in [-0.4, -0.2) is 6.04 Å². The summed E-state index contributed by atoms with van der Waals surface area (Å²) in [5.41, 5.74) is 0. The van der Waals surface area contributed by atoms with Gasteiger partial charge in [0.25, 0.3) is 0 Å². The Labute approximate surface area is 110 Å². The Balaban J connectivity index is 1.88. The molecular formula is C15H25NS. The first kappa shape index (κ1) is 13.1. The summed E-state index contributed by atoms with van der Waals surface area (Å²) in [5.74, 6) is 1.66.